The van der Waals surface area contributed by atoms with Crippen molar-refractivity contribution in [1.82, 2.24) is 0 Å². The minimum atomic E-state index is -1.10. The van der Waals surface area contributed by atoms with Crippen LogP contribution in [0.4, 0.5) is 0 Å². The van der Waals surface area contributed by atoms with Crippen LogP contribution in [0.25, 0.3) is 0 Å². The molecule has 0 saturated heterocycles. The first-order valence-corrected chi connectivity index (χ1v) is 8.25. The van der Waals surface area contributed by atoms with Gasteiger partial charge in [0.2, 0.25) is 0 Å². The molecule has 0 aromatic carbocycles. The molecule has 0 aliphatic rings. The summed E-state index contributed by atoms with van der Waals surface area (Å²) in [7, 11) is 0. The number of aliphatic carboxylic acids is 1. The zero-order valence-corrected chi connectivity index (χ0v) is 13.0. The molecule has 0 fully saturated rings. The number of halogens is 1. The van der Waals surface area contributed by atoms with E-state index < -0.39 is 5.97 Å². The van der Waals surface area contributed by atoms with Crippen LogP contribution in [0.3, 0.4) is 0 Å². The van der Waals surface area contributed by atoms with Crippen LogP contribution in [0.2, 0.25) is 0 Å². The third-order valence-corrected chi connectivity index (χ3v) is 3.71. The molecule has 0 saturated carbocycles. The molecule has 0 unspecified atom stereocenters. The summed E-state index contributed by atoms with van der Waals surface area (Å²) in [6, 6.07) is 0. The molecule has 0 bridgehead atoms. The largest absolute Gasteiger partial charge is 0.545 e. The smallest absolute Gasteiger partial charge is 0.0668 e. The van der Waals surface area contributed by atoms with E-state index in [-0.39, 0.29) is 5.57 Å². The standard InChI is InChI=1S/C15H27BrO2/c1-14(15(17)18)12-10-8-6-4-2-3-5-7-9-11-13-16/h1-13H2,(H,17,18)/p-1. The highest BCUT2D eigenvalue weighted by Gasteiger charge is 1.96. The number of rotatable bonds is 13. The van der Waals surface area contributed by atoms with Crippen LogP contribution in [0.5, 0.6) is 0 Å². The Hall–Kier alpha value is -0.310. The van der Waals surface area contributed by atoms with Crippen molar-refractivity contribution < 1.29 is 9.90 Å². The van der Waals surface area contributed by atoms with Crippen LogP contribution in [0, 0.1) is 0 Å². The summed E-state index contributed by atoms with van der Waals surface area (Å²) in [5.41, 5.74) is 0.238. The fraction of sp³-hybridized carbons (Fsp3) is 0.800. The Balaban J connectivity index is 3.07. The van der Waals surface area contributed by atoms with Gasteiger partial charge in [-0.1, -0.05) is 73.9 Å². The number of carboxylic acids is 1. The van der Waals surface area contributed by atoms with Gasteiger partial charge in [0, 0.05) is 5.33 Å². The van der Waals surface area contributed by atoms with Crippen molar-refractivity contribution in [1.29, 1.82) is 0 Å². The monoisotopic (exact) mass is 317 g/mol. The van der Waals surface area contributed by atoms with Crippen molar-refractivity contribution in [3.05, 3.63) is 12.2 Å². The van der Waals surface area contributed by atoms with E-state index in [0.29, 0.717) is 6.42 Å². The summed E-state index contributed by atoms with van der Waals surface area (Å²) in [5, 5.41) is 11.5. The summed E-state index contributed by atoms with van der Waals surface area (Å²) in [5.74, 6) is -1.10. The molecule has 18 heavy (non-hydrogen) atoms. The van der Waals surface area contributed by atoms with Crippen molar-refractivity contribution in [2.75, 3.05) is 5.33 Å². The van der Waals surface area contributed by atoms with Gasteiger partial charge in [-0.2, -0.15) is 0 Å². The van der Waals surface area contributed by atoms with E-state index in [1.54, 1.807) is 0 Å². The number of hydrogen-bond acceptors (Lipinski definition) is 2. The van der Waals surface area contributed by atoms with Gasteiger partial charge in [0.1, 0.15) is 0 Å². The Morgan fingerprint density at radius 1 is 0.833 bits per heavy atom. The van der Waals surface area contributed by atoms with E-state index >= 15 is 0 Å². The Labute approximate surface area is 120 Å². The summed E-state index contributed by atoms with van der Waals surface area (Å²) >= 11 is 3.44. The van der Waals surface area contributed by atoms with Gasteiger partial charge in [0.05, 0.1) is 5.97 Å². The molecular weight excluding hydrogens is 292 g/mol. The quantitative estimate of drug-likeness (QED) is 0.293. The number of carboxylic acid groups (broad SMARTS) is 1. The van der Waals surface area contributed by atoms with Crippen molar-refractivity contribution in [2.45, 2.75) is 70.6 Å². The highest BCUT2D eigenvalue weighted by Crippen LogP contribution is 2.13. The van der Waals surface area contributed by atoms with Crippen molar-refractivity contribution in [3.8, 4) is 0 Å². The fourth-order valence-electron chi connectivity index (χ4n) is 1.95. The lowest BCUT2D eigenvalue weighted by atomic mass is 10.0. The molecule has 0 amide bonds. The first kappa shape index (κ1) is 17.7. The zero-order valence-electron chi connectivity index (χ0n) is 11.4. The second kappa shape index (κ2) is 13.1. The Bertz CT molecular complexity index is 227. The van der Waals surface area contributed by atoms with E-state index in [1.807, 2.05) is 0 Å². The number of hydrogen-bond donors (Lipinski definition) is 0. The van der Waals surface area contributed by atoms with Gasteiger partial charge in [-0.3, -0.25) is 0 Å². The third-order valence-electron chi connectivity index (χ3n) is 3.15. The zero-order chi connectivity index (χ0) is 13.6. The van der Waals surface area contributed by atoms with Gasteiger partial charge in [-0.25, -0.2) is 0 Å². The Morgan fingerprint density at radius 2 is 1.22 bits per heavy atom. The second-order valence-electron chi connectivity index (χ2n) is 4.87. The topological polar surface area (TPSA) is 40.1 Å². The molecule has 2 nitrogen and oxygen atoms in total. The lowest BCUT2D eigenvalue weighted by molar-refractivity contribution is -0.299. The highest BCUT2D eigenvalue weighted by atomic mass is 79.9. The van der Waals surface area contributed by atoms with Crippen LogP contribution < -0.4 is 5.11 Å². The second-order valence-corrected chi connectivity index (χ2v) is 5.66. The van der Waals surface area contributed by atoms with Crippen LogP contribution >= 0.6 is 15.9 Å². The lowest BCUT2D eigenvalue weighted by Gasteiger charge is -2.06. The van der Waals surface area contributed by atoms with Crippen LogP contribution in [0.15, 0.2) is 12.2 Å². The third kappa shape index (κ3) is 12.2. The van der Waals surface area contributed by atoms with Crippen molar-refractivity contribution in [2.24, 2.45) is 0 Å². The lowest BCUT2D eigenvalue weighted by Crippen LogP contribution is -2.23. The molecular formula is C15H26BrO2-. The maximum absolute atomic E-state index is 10.4. The molecule has 0 radical (unpaired) electrons. The van der Waals surface area contributed by atoms with Gasteiger partial charge in [0.25, 0.3) is 0 Å². The molecule has 3 heteroatoms. The van der Waals surface area contributed by atoms with Gasteiger partial charge in [-0.05, 0) is 24.8 Å². The normalized spacial score (nSPS) is 10.5. The van der Waals surface area contributed by atoms with E-state index in [4.69, 9.17) is 0 Å². The van der Waals surface area contributed by atoms with E-state index in [2.05, 4.69) is 22.5 Å². The van der Waals surface area contributed by atoms with Gasteiger partial charge in [-0.15, -0.1) is 0 Å². The molecule has 0 rings (SSSR count). The molecule has 0 spiro atoms. The Morgan fingerprint density at radius 3 is 1.61 bits per heavy atom. The molecule has 106 valence electrons. The molecule has 0 aromatic heterocycles. The highest BCUT2D eigenvalue weighted by molar-refractivity contribution is 9.09. The number of carbonyl (C=O) groups is 1. The molecule has 0 N–H and O–H groups in total. The van der Waals surface area contributed by atoms with Gasteiger partial charge < -0.3 is 9.90 Å². The Kier molecular flexibility index (Phi) is 12.9. The van der Waals surface area contributed by atoms with E-state index in [1.165, 1.54) is 51.4 Å². The average molecular weight is 318 g/mol. The molecule has 0 aliphatic carbocycles. The molecule has 0 aromatic rings. The first-order chi connectivity index (χ1) is 8.68. The summed E-state index contributed by atoms with van der Waals surface area (Å²) in [4.78, 5) is 10.4. The number of carbonyl (C=O) groups excluding carboxylic acids is 1. The summed E-state index contributed by atoms with van der Waals surface area (Å²) in [6.45, 7) is 3.47. The molecule has 0 aliphatic heterocycles. The predicted octanol–water partition coefficient (Wildman–Crippen LogP) is 3.98. The number of unbranched alkanes of at least 4 members (excludes halogenated alkanes) is 9. The molecule has 0 heterocycles. The molecule has 0 atom stereocenters. The SMILES string of the molecule is C=C(CCCCCCCCCCCCBr)C(=O)[O-]. The summed E-state index contributed by atoms with van der Waals surface area (Å²) in [6.07, 6.45) is 13.1. The van der Waals surface area contributed by atoms with Crippen LogP contribution in [-0.2, 0) is 4.79 Å². The average Bonchev–Trinajstić information content (AvgIpc) is 2.35. The maximum atomic E-state index is 10.4. The minimum absolute atomic E-state index is 0.238. The van der Waals surface area contributed by atoms with E-state index in [0.717, 1.165) is 18.2 Å². The van der Waals surface area contributed by atoms with Crippen molar-refractivity contribution >= 4 is 21.9 Å². The predicted molar refractivity (Wildman–Crippen MR) is 78.7 cm³/mol. The first-order valence-electron chi connectivity index (χ1n) is 7.13. The van der Waals surface area contributed by atoms with Crippen molar-refractivity contribution in [3.63, 3.8) is 0 Å². The van der Waals surface area contributed by atoms with E-state index in [9.17, 15) is 9.90 Å². The minimum Gasteiger partial charge on any atom is -0.545 e. The number of alkyl halides is 1. The van der Waals surface area contributed by atoms with Gasteiger partial charge >= 0.3 is 0 Å². The van der Waals surface area contributed by atoms with Crippen LogP contribution in [0.1, 0.15) is 70.6 Å². The fourth-order valence-corrected chi connectivity index (χ4v) is 2.35. The van der Waals surface area contributed by atoms with Crippen LogP contribution in [-0.4, -0.2) is 11.3 Å². The van der Waals surface area contributed by atoms with Gasteiger partial charge in [0.15, 0.2) is 0 Å². The maximum Gasteiger partial charge on any atom is 0.0668 e. The summed E-state index contributed by atoms with van der Waals surface area (Å²) < 4.78 is 0.